The second-order valence-electron chi connectivity index (χ2n) is 4.22. The molecule has 0 fully saturated rings. The van der Waals surface area contributed by atoms with Crippen LogP contribution in [0.3, 0.4) is 0 Å². The molecule has 1 atom stereocenters. The zero-order chi connectivity index (χ0) is 13.0. The molecule has 18 heavy (non-hydrogen) atoms. The Kier molecular flexibility index (Phi) is 4.44. The summed E-state index contributed by atoms with van der Waals surface area (Å²) in [7, 11) is 0. The molecule has 0 spiro atoms. The van der Waals surface area contributed by atoms with E-state index in [1.807, 2.05) is 30.3 Å². The summed E-state index contributed by atoms with van der Waals surface area (Å²) in [6, 6.07) is 10.0. The van der Waals surface area contributed by atoms with Crippen molar-refractivity contribution in [2.45, 2.75) is 25.8 Å². The van der Waals surface area contributed by atoms with Crippen molar-refractivity contribution in [1.29, 1.82) is 0 Å². The largest absolute Gasteiger partial charge is 0.327 e. The van der Waals surface area contributed by atoms with E-state index in [-0.39, 0.29) is 6.04 Å². The standard InChI is InChI=1S/C14H16BrN3/c1-2-10(16)9-11-7-8-17-14(18-11)12-5-3-4-6-13(12)15/h3-8,10H,2,9,16H2,1H3. The van der Waals surface area contributed by atoms with E-state index in [0.717, 1.165) is 34.4 Å². The lowest BCUT2D eigenvalue weighted by atomic mass is 10.1. The molecule has 0 aliphatic rings. The molecule has 2 aromatic rings. The zero-order valence-electron chi connectivity index (χ0n) is 10.3. The van der Waals surface area contributed by atoms with E-state index in [0.29, 0.717) is 0 Å². The zero-order valence-corrected chi connectivity index (χ0v) is 11.9. The van der Waals surface area contributed by atoms with E-state index in [4.69, 9.17) is 5.73 Å². The molecule has 0 saturated heterocycles. The normalized spacial score (nSPS) is 12.4. The van der Waals surface area contributed by atoms with Crippen molar-refractivity contribution in [3.05, 3.63) is 46.7 Å². The summed E-state index contributed by atoms with van der Waals surface area (Å²) in [5.41, 5.74) is 7.95. The van der Waals surface area contributed by atoms with Gasteiger partial charge in [0.2, 0.25) is 0 Å². The van der Waals surface area contributed by atoms with Crippen LogP contribution in [0, 0.1) is 0 Å². The highest BCUT2D eigenvalue weighted by Gasteiger charge is 2.08. The Balaban J connectivity index is 2.30. The van der Waals surface area contributed by atoms with Gasteiger partial charge in [0.25, 0.3) is 0 Å². The highest BCUT2D eigenvalue weighted by atomic mass is 79.9. The van der Waals surface area contributed by atoms with E-state index in [1.165, 1.54) is 0 Å². The topological polar surface area (TPSA) is 51.8 Å². The Bertz CT molecular complexity index is 528. The number of hydrogen-bond acceptors (Lipinski definition) is 3. The van der Waals surface area contributed by atoms with Crippen molar-refractivity contribution < 1.29 is 0 Å². The van der Waals surface area contributed by atoms with E-state index in [2.05, 4.69) is 32.8 Å². The maximum atomic E-state index is 5.95. The van der Waals surface area contributed by atoms with Gasteiger partial charge in [0, 0.05) is 34.4 Å². The molecule has 0 aliphatic carbocycles. The summed E-state index contributed by atoms with van der Waals surface area (Å²) in [6.07, 6.45) is 3.53. The Morgan fingerprint density at radius 2 is 2.06 bits per heavy atom. The van der Waals surface area contributed by atoms with Crippen LogP contribution < -0.4 is 5.73 Å². The van der Waals surface area contributed by atoms with Crippen molar-refractivity contribution in [2.24, 2.45) is 5.73 Å². The lowest BCUT2D eigenvalue weighted by molar-refractivity contribution is 0.636. The Morgan fingerprint density at radius 1 is 1.28 bits per heavy atom. The molecule has 3 nitrogen and oxygen atoms in total. The molecule has 0 radical (unpaired) electrons. The third kappa shape index (κ3) is 3.15. The first-order valence-electron chi connectivity index (χ1n) is 6.03. The van der Waals surface area contributed by atoms with Crippen LogP contribution in [-0.2, 0) is 6.42 Å². The predicted molar refractivity (Wildman–Crippen MR) is 77.1 cm³/mol. The molecule has 0 saturated carbocycles. The summed E-state index contributed by atoms with van der Waals surface area (Å²) < 4.78 is 1.00. The van der Waals surface area contributed by atoms with Gasteiger partial charge in [-0.3, -0.25) is 0 Å². The molecule has 1 aromatic carbocycles. The van der Waals surface area contributed by atoms with Crippen LogP contribution in [0.15, 0.2) is 41.0 Å². The first-order chi connectivity index (χ1) is 8.70. The fourth-order valence-electron chi connectivity index (χ4n) is 1.70. The number of aromatic nitrogens is 2. The van der Waals surface area contributed by atoms with Gasteiger partial charge in [0.15, 0.2) is 5.82 Å². The molecule has 0 bridgehead atoms. The van der Waals surface area contributed by atoms with E-state index in [1.54, 1.807) is 6.20 Å². The van der Waals surface area contributed by atoms with Gasteiger partial charge >= 0.3 is 0 Å². The molecule has 1 heterocycles. The third-order valence-electron chi connectivity index (χ3n) is 2.82. The summed E-state index contributed by atoms with van der Waals surface area (Å²) in [5.74, 6) is 0.739. The highest BCUT2D eigenvalue weighted by molar-refractivity contribution is 9.10. The van der Waals surface area contributed by atoms with Gasteiger partial charge in [-0.25, -0.2) is 9.97 Å². The summed E-state index contributed by atoms with van der Waals surface area (Å²) >= 11 is 3.52. The van der Waals surface area contributed by atoms with Gasteiger partial charge in [-0.05, 0) is 18.6 Å². The van der Waals surface area contributed by atoms with Gasteiger partial charge in [-0.15, -0.1) is 0 Å². The lowest BCUT2D eigenvalue weighted by Crippen LogP contribution is -2.22. The molecule has 4 heteroatoms. The van der Waals surface area contributed by atoms with Gasteiger partial charge in [-0.1, -0.05) is 41.1 Å². The first-order valence-corrected chi connectivity index (χ1v) is 6.82. The minimum absolute atomic E-state index is 0.159. The molecule has 0 amide bonds. The molecule has 1 unspecified atom stereocenters. The van der Waals surface area contributed by atoms with Crippen LogP contribution in [0.2, 0.25) is 0 Å². The molecule has 94 valence electrons. The number of nitrogens with two attached hydrogens (primary N) is 1. The molecule has 0 aliphatic heterocycles. The second kappa shape index (κ2) is 6.07. The first kappa shape index (κ1) is 13.2. The minimum atomic E-state index is 0.159. The number of nitrogens with zero attached hydrogens (tertiary/aromatic N) is 2. The van der Waals surface area contributed by atoms with Gasteiger partial charge in [0.1, 0.15) is 0 Å². The molecule has 1 aromatic heterocycles. The van der Waals surface area contributed by atoms with Crippen LogP contribution in [0.4, 0.5) is 0 Å². The van der Waals surface area contributed by atoms with Gasteiger partial charge < -0.3 is 5.73 Å². The van der Waals surface area contributed by atoms with E-state index >= 15 is 0 Å². The van der Waals surface area contributed by atoms with Gasteiger partial charge in [-0.2, -0.15) is 0 Å². The Labute approximate surface area is 116 Å². The number of rotatable bonds is 4. The van der Waals surface area contributed by atoms with Crippen LogP contribution in [0.25, 0.3) is 11.4 Å². The fourth-order valence-corrected chi connectivity index (χ4v) is 2.16. The Hall–Kier alpha value is -1.26. The third-order valence-corrected chi connectivity index (χ3v) is 3.52. The summed E-state index contributed by atoms with van der Waals surface area (Å²) in [6.45, 7) is 2.08. The van der Waals surface area contributed by atoms with Crippen molar-refractivity contribution in [3.63, 3.8) is 0 Å². The van der Waals surface area contributed by atoms with Crippen molar-refractivity contribution in [1.82, 2.24) is 9.97 Å². The average molecular weight is 306 g/mol. The van der Waals surface area contributed by atoms with Gasteiger partial charge in [0.05, 0.1) is 0 Å². The quantitative estimate of drug-likeness (QED) is 0.944. The van der Waals surface area contributed by atoms with E-state index < -0.39 is 0 Å². The minimum Gasteiger partial charge on any atom is -0.327 e. The van der Waals surface area contributed by atoms with Crippen molar-refractivity contribution in [2.75, 3.05) is 0 Å². The number of benzene rings is 1. The molecular formula is C14H16BrN3. The van der Waals surface area contributed by atoms with Crippen molar-refractivity contribution in [3.8, 4) is 11.4 Å². The molecular weight excluding hydrogens is 290 g/mol. The van der Waals surface area contributed by atoms with Crippen molar-refractivity contribution >= 4 is 15.9 Å². The smallest absolute Gasteiger partial charge is 0.160 e. The van der Waals surface area contributed by atoms with Crippen LogP contribution in [0.1, 0.15) is 19.0 Å². The Morgan fingerprint density at radius 3 is 2.78 bits per heavy atom. The maximum Gasteiger partial charge on any atom is 0.160 e. The average Bonchev–Trinajstić information content (AvgIpc) is 2.39. The number of hydrogen-bond donors (Lipinski definition) is 1. The maximum absolute atomic E-state index is 5.95. The van der Waals surface area contributed by atoms with Crippen LogP contribution in [0.5, 0.6) is 0 Å². The molecule has 2 rings (SSSR count). The second-order valence-corrected chi connectivity index (χ2v) is 5.08. The molecule has 2 N–H and O–H groups in total. The lowest BCUT2D eigenvalue weighted by Gasteiger charge is -2.09. The predicted octanol–water partition coefficient (Wildman–Crippen LogP) is 3.19. The SMILES string of the molecule is CCC(N)Cc1ccnc(-c2ccccc2Br)n1. The monoisotopic (exact) mass is 305 g/mol. The van der Waals surface area contributed by atoms with E-state index in [9.17, 15) is 0 Å². The summed E-state index contributed by atoms with van der Waals surface area (Å²) in [4.78, 5) is 8.89. The van der Waals surface area contributed by atoms with Crippen LogP contribution >= 0.6 is 15.9 Å². The van der Waals surface area contributed by atoms with Crippen LogP contribution in [-0.4, -0.2) is 16.0 Å². The number of halogens is 1. The fraction of sp³-hybridized carbons (Fsp3) is 0.286. The summed E-state index contributed by atoms with van der Waals surface area (Å²) in [5, 5.41) is 0. The highest BCUT2D eigenvalue weighted by Crippen LogP contribution is 2.24.